The Morgan fingerprint density at radius 2 is 0.911 bits per heavy atom. The van der Waals surface area contributed by atoms with Crippen molar-refractivity contribution in [1.82, 2.24) is 15.0 Å². The lowest BCUT2D eigenvalue weighted by Crippen LogP contribution is -2.00. The number of rotatable bonds is 4. The number of furan rings is 1. The minimum Gasteiger partial charge on any atom is -0.456 e. The first-order chi connectivity index (χ1) is 22.3. The van der Waals surface area contributed by atoms with E-state index in [1.807, 2.05) is 60.7 Å². The van der Waals surface area contributed by atoms with Gasteiger partial charge in [-0.3, -0.25) is 0 Å². The highest BCUT2D eigenvalue weighted by Crippen LogP contribution is 2.43. The highest BCUT2D eigenvalue weighted by molar-refractivity contribution is 6.18. The molecule has 9 aromatic rings. The van der Waals surface area contributed by atoms with E-state index in [9.17, 15) is 0 Å². The molecule has 0 bridgehead atoms. The van der Waals surface area contributed by atoms with Crippen LogP contribution in [-0.4, -0.2) is 15.0 Å². The molecule has 0 aliphatic heterocycles. The molecule has 4 heteroatoms. The van der Waals surface area contributed by atoms with E-state index >= 15 is 0 Å². The SMILES string of the molecule is c1ccc(-c2nc(-c3ccccc3)nc(-c3cc(-c4cccc5ccccc45)c4c(c3)oc3cc5ccccc5cc34)n2)cc1. The van der Waals surface area contributed by atoms with Gasteiger partial charge in [0, 0.05) is 27.5 Å². The fourth-order valence-corrected chi connectivity index (χ4v) is 6.33. The highest BCUT2D eigenvalue weighted by Gasteiger charge is 2.20. The van der Waals surface area contributed by atoms with Gasteiger partial charge in [-0.1, -0.05) is 127 Å². The van der Waals surface area contributed by atoms with E-state index in [-0.39, 0.29) is 0 Å². The third kappa shape index (κ3) is 4.35. The molecule has 2 aromatic heterocycles. The van der Waals surface area contributed by atoms with Crippen LogP contribution in [0, 0.1) is 0 Å². The zero-order valence-corrected chi connectivity index (χ0v) is 24.2. The summed E-state index contributed by atoms with van der Waals surface area (Å²) in [5.41, 5.74) is 6.60. The first-order valence-electron chi connectivity index (χ1n) is 15.0. The number of aromatic nitrogens is 3. The van der Waals surface area contributed by atoms with Crippen molar-refractivity contribution >= 4 is 43.5 Å². The van der Waals surface area contributed by atoms with Gasteiger partial charge in [-0.05, 0) is 56.9 Å². The van der Waals surface area contributed by atoms with Crippen LogP contribution < -0.4 is 0 Å². The Morgan fingerprint density at radius 1 is 0.356 bits per heavy atom. The van der Waals surface area contributed by atoms with Crippen LogP contribution in [0.1, 0.15) is 0 Å². The Morgan fingerprint density at radius 3 is 1.60 bits per heavy atom. The first-order valence-corrected chi connectivity index (χ1v) is 15.0. The minimum absolute atomic E-state index is 0.594. The van der Waals surface area contributed by atoms with Crippen LogP contribution in [0.15, 0.2) is 156 Å². The smallest absolute Gasteiger partial charge is 0.164 e. The number of hydrogen-bond acceptors (Lipinski definition) is 4. The number of hydrogen-bond donors (Lipinski definition) is 0. The van der Waals surface area contributed by atoms with Crippen molar-refractivity contribution in [2.75, 3.05) is 0 Å². The van der Waals surface area contributed by atoms with E-state index in [0.717, 1.165) is 55.1 Å². The molecular weight excluding hydrogens is 550 g/mol. The summed E-state index contributed by atoms with van der Waals surface area (Å²) in [7, 11) is 0. The second kappa shape index (κ2) is 10.2. The van der Waals surface area contributed by atoms with Crippen LogP contribution in [0.5, 0.6) is 0 Å². The van der Waals surface area contributed by atoms with E-state index in [4.69, 9.17) is 19.4 Å². The monoisotopic (exact) mass is 575 g/mol. The van der Waals surface area contributed by atoms with Gasteiger partial charge in [-0.2, -0.15) is 0 Å². The largest absolute Gasteiger partial charge is 0.456 e. The average molecular weight is 576 g/mol. The van der Waals surface area contributed by atoms with Gasteiger partial charge in [0.1, 0.15) is 11.2 Å². The van der Waals surface area contributed by atoms with Gasteiger partial charge in [0.05, 0.1) is 0 Å². The second-order valence-electron chi connectivity index (χ2n) is 11.3. The molecule has 4 nitrogen and oxygen atoms in total. The van der Waals surface area contributed by atoms with Crippen molar-refractivity contribution in [3.63, 3.8) is 0 Å². The Hall–Kier alpha value is -6.13. The van der Waals surface area contributed by atoms with Gasteiger partial charge in [-0.25, -0.2) is 15.0 Å². The molecule has 210 valence electrons. The first kappa shape index (κ1) is 25.4. The van der Waals surface area contributed by atoms with Crippen molar-refractivity contribution < 1.29 is 4.42 Å². The fourth-order valence-electron chi connectivity index (χ4n) is 6.33. The van der Waals surface area contributed by atoms with Gasteiger partial charge >= 0.3 is 0 Å². The van der Waals surface area contributed by atoms with E-state index in [2.05, 4.69) is 91.0 Å². The van der Waals surface area contributed by atoms with Crippen LogP contribution >= 0.6 is 0 Å². The zero-order valence-electron chi connectivity index (χ0n) is 24.2. The van der Waals surface area contributed by atoms with Gasteiger partial charge < -0.3 is 4.42 Å². The summed E-state index contributed by atoms with van der Waals surface area (Å²) in [6, 6.07) is 52.2. The molecule has 0 N–H and O–H groups in total. The Kier molecular flexibility index (Phi) is 5.78. The van der Waals surface area contributed by atoms with Crippen molar-refractivity contribution in [3.8, 4) is 45.3 Å². The van der Waals surface area contributed by atoms with Crippen molar-refractivity contribution in [2.24, 2.45) is 0 Å². The topological polar surface area (TPSA) is 51.8 Å². The van der Waals surface area contributed by atoms with Gasteiger partial charge in [-0.15, -0.1) is 0 Å². The lowest BCUT2D eigenvalue weighted by molar-refractivity contribution is 0.669. The fraction of sp³-hybridized carbons (Fsp3) is 0. The minimum atomic E-state index is 0.594. The molecule has 2 heterocycles. The third-order valence-corrected chi connectivity index (χ3v) is 8.48. The van der Waals surface area contributed by atoms with E-state index in [1.54, 1.807) is 0 Å². The number of nitrogens with zero attached hydrogens (tertiary/aromatic N) is 3. The van der Waals surface area contributed by atoms with Crippen LogP contribution in [-0.2, 0) is 0 Å². The predicted molar refractivity (Wildman–Crippen MR) is 184 cm³/mol. The molecule has 0 saturated carbocycles. The molecule has 0 aliphatic carbocycles. The second-order valence-corrected chi connectivity index (χ2v) is 11.3. The summed E-state index contributed by atoms with van der Waals surface area (Å²) >= 11 is 0. The summed E-state index contributed by atoms with van der Waals surface area (Å²) in [5.74, 6) is 1.85. The predicted octanol–water partition coefficient (Wildman–Crippen LogP) is 10.7. The van der Waals surface area contributed by atoms with Crippen LogP contribution in [0.3, 0.4) is 0 Å². The van der Waals surface area contributed by atoms with Gasteiger partial charge in [0.25, 0.3) is 0 Å². The maximum absolute atomic E-state index is 6.66. The van der Waals surface area contributed by atoms with Crippen molar-refractivity contribution in [2.45, 2.75) is 0 Å². The summed E-state index contributed by atoms with van der Waals surface area (Å²) in [6.45, 7) is 0. The molecule has 0 radical (unpaired) electrons. The summed E-state index contributed by atoms with van der Waals surface area (Å²) in [6.07, 6.45) is 0. The van der Waals surface area contributed by atoms with Crippen molar-refractivity contribution in [3.05, 3.63) is 152 Å². The zero-order chi connectivity index (χ0) is 29.7. The third-order valence-electron chi connectivity index (χ3n) is 8.48. The molecule has 0 unspecified atom stereocenters. The molecule has 9 rings (SSSR count). The lowest BCUT2D eigenvalue weighted by atomic mass is 9.92. The molecule has 0 fully saturated rings. The van der Waals surface area contributed by atoms with E-state index in [0.29, 0.717) is 17.5 Å². The molecular formula is C41H25N3O. The quantitative estimate of drug-likeness (QED) is 0.209. The van der Waals surface area contributed by atoms with E-state index in [1.165, 1.54) is 16.2 Å². The van der Waals surface area contributed by atoms with E-state index < -0.39 is 0 Å². The Balaban J connectivity index is 1.37. The molecule has 0 spiro atoms. The summed E-state index contributed by atoms with van der Waals surface area (Å²) < 4.78 is 6.66. The maximum Gasteiger partial charge on any atom is 0.164 e. The number of fused-ring (bicyclic) bond motifs is 5. The molecule has 45 heavy (non-hydrogen) atoms. The number of benzene rings is 7. The summed E-state index contributed by atoms with van der Waals surface area (Å²) in [5, 5.41) is 6.86. The van der Waals surface area contributed by atoms with Gasteiger partial charge in [0.15, 0.2) is 17.5 Å². The molecule has 7 aromatic carbocycles. The molecule has 0 aliphatic rings. The molecule has 0 amide bonds. The molecule has 0 atom stereocenters. The van der Waals surface area contributed by atoms with Gasteiger partial charge in [0.2, 0.25) is 0 Å². The molecule has 0 saturated heterocycles. The summed E-state index contributed by atoms with van der Waals surface area (Å²) in [4.78, 5) is 15.0. The van der Waals surface area contributed by atoms with Crippen LogP contribution in [0.4, 0.5) is 0 Å². The van der Waals surface area contributed by atoms with Crippen LogP contribution in [0.2, 0.25) is 0 Å². The lowest BCUT2D eigenvalue weighted by Gasteiger charge is -2.12. The maximum atomic E-state index is 6.66. The average Bonchev–Trinajstić information content (AvgIpc) is 3.47. The Bertz CT molecular complexity index is 2470. The van der Waals surface area contributed by atoms with Crippen LogP contribution in [0.25, 0.3) is 88.8 Å². The standard InChI is InChI=1S/C41H25N3O/c1-3-13-27(14-4-1)39-42-40(28-15-5-2-6-16-28)44-41(43-39)31-23-34(33-21-11-19-26-12-9-10-20-32(26)33)38-35-22-29-17-7-8-18-30(29)24-36(35)45-37(38)25-31/h1-25H. The normalized spacial score (nSPS) is 11.6. The Labute approximate surface area is 259 Å². The highest BCUT2D eigenvalue weighted by atomic mass is 16.3. The van der Waals surface area contributed by atoms with Crippen molar-refractivity contribution in [1.29, 1.82) is 0 Å².